The van der Waals surface area contributed by atoms with E-state index in [-0.39, 0.29) is 0 Å². The van der Waals surface area contributed by atoms with Gasteiger partial charge in [-0.3, -0.25) is 0 Å². The Balaban J connectivity index is 1.04. The van der Waals surface area contributed by atoms with Gasteiger partial charge in [0.05, 0.1) is 5.25 Å². The second kappa shape index (κ2) is 8.11. The molecule has 1 aliphatic heterocycles. The molecule has 1 nitrogen and oxygen atoms in total. The van der Waals surface area contributed by atoms with Gasteiger partial charge in [0.15, 0.2) is 0 Å². The maximum atomic E-state index is 6.06. The molecule has 2 N–H and O–H groups in total. The highest BCUT2D eigenvalue weighted by atomic mass is 32.2. The standard InChI is InChI=1S/C34H25NS4/c1-16-3-5-27-20(7-16)13-29(36-27)30-15-22-8-18-11-26-19(12-25(18)33(22)38-30)10-24-17(2)32(39-34(24)26)31-14-21-9-23(35)4-6-28(21)37-31/h3-7,9,11-15,17,32H,8,10,35H2,1-2H3. The molecule has 5 heteroatoms. The first-order valence-corrected chi connectivity index (χ1v) is 16.8. The molecule has 9 rings (SSSR count). The van der Waals surface area contributed by atoms with Crippen LogP contribution in [0.2, 0.25) is 0 Å². The van der Waals surface area contributed by atoms with Gasteiger partial charge in [-0.25, -0.2) is 0 Å². The molecule has 0 fully saturated rings. The van der Waals surface area contributed by atoms with Crippen LogP contribution in [0.25, 0.3) is 45.3 Å². The van der Waals surface area contributed by atoms with E-state index in [9.17, 15) is 0 Å². The Morgan fingerprint density at radius 3 is 2.41 bits per heavy atom. The molecule has 6 aromatic rings. The van der Waals surface area contributed by atoms with Crippen molar-refractivity contribution >= 4 is 76.5 Å². The highest BCUT2D eigenvalue weighted by Crippen LogP contribution is 2.61. The van der Waals surface area contributed by atoms with Gasteiger partial charge in [0, 0.05) is 39.5 Å². The van der Waals surface area contributed by atoms with Gasteiger partial charge in [-0.2, -0.15) is 0 Å². The van der Waals surface area contributed by atoms with Crippen molar-refractivity contribution in [3.05, 3.63) is 105 Å². The number of rotatable bonds is 2. The topological polar surface area (TPSA) is 26.0 Å². The van der Waals surface area contributed by atoms with Gasteiger partial charge in [0.1, 0.15) is 0 Å². The van der Waals surface area contributed by atoms with E-state index in [1.54, 1.807) is 10.5 Å². The zero-order valence-electron chi connectivity index (χ0n) is 21.6. The average Bonchev–Trinajstić information content (AvgIpc) is 3.73. The van der Waals surface area contributed by atoms with Gasteiger partial charge >= 0.3 is 0 Å². The second-order valence-electron chi connectivity index (χ2n) is 11.3. The van der Waals surface area contributed by atoms with Crippen molar-refractivity contribution in [3.63, 3.8) is 0 Å². The number of nitrogens with two attached hydrogens (primary N) is 1. The monoisotopic (exact) mass is 575 g/mol. The fourth-order valence-electron chi connectivity index (χ4n) is 6.71. The van der Waals surface area contributed by atoms with Crippen molar-refractivity contribution in [3.8, 4) is 20.2 Å². The van der Waals surface area contributed by atoms with Gasteiger partial charge in [0.25, 0.3) is 0 Å². The van der Waals surface area contributed by atoms with Crippen molar-refractivity contribution in [1.82, 2.24) is 0 Å². The number of hydrogen-bond donors (Lipinski definition) is 1. The fraction of sp³-hybridized carbons (Fsp3) is 0.176. The smallest absolute Gasteiger partial charge is 0.0502 e. The Labute approximate surface area is 244 Å². The maximum absolute atomic E-state index is 6.06. The molecule has 4 heterocycles. The lowest BCUT2D eigenvalue weighted by atomic mass is 9.94. The van der Waals surface area contributed by atoms with Crippen LogP contribution in [-0.4, -0.2) is 0 Å². The number of fused-ring (bicyclic) bond motifs is 7. The number of anilines is 1. The van der Waals surface area contributed by atoms with E-state index in [1.807, 2.05) is 40.1 Å². The molecular formula is C34H25NS4. The average molecular weight is 576 g/mol. The van der Waals surface area contributed by atoms with E-state index in [1.165, 1.54) is 73.1 Å². The van der Waals surface area contributed by atoms with Crippen LogP contribution < -0.4 is 5.73 Å². The third kappa shape index (κ3) is 3.37. The zero-order chi connectivity index (χ0) is 26.0. The normalized spacial score (nSPS) is 19.2. The molecule has 0 radical (unpaired) electrons. The zero-order valence-corrected chi connectivity index (χ0v) is 24.9. The molecule has 190 valence electrons. The summed E-state index contributed by atoms with van der Waals surface area (Å²) in [5, 5.41) is 3.15. The van der Waals surface area contributed by atoms with Crippen molar-refractivity contribution in [1.29, 1.82) is 0 Å². The Morgan fingerprint density at radius 1 is 0.718 bits per heavy atom. The van der Waals surface area contributed by atoms with Crippen LogP contribution in [0.1, 0.15) is 44.9 Å². The van der Waals surface area contributed by atoms with E-state index in [0.717, 1.165) is 18.5 Å². The van der Waals surface area contributed by atoms with Gasteiger partial charge < -0.3 is 5.73 Å². The minimum absolute atomic E-state index is 0.504. The first kappa shape index (κ1) is 22.9. The lowest BCUT2D eigenvalue weighted by molar-refractivity contribution is 0.671. The number of aryl methyl sites for hydroxylation is 1. The molecule has 2 unspecified atom stereocenters. The molecule has 0 saturated carbocycles. The molecule has 3 aromatic heterocycles. The van der Waals surface area contributed by atoms with Gasteiger partial charge in [-0.05, 0) is 124 Å². The SMILES string of the molecule is Cc1ccc2sc(-c3cc4c(s3)-c3cc5c(cc3C4)C3=C(C5)C(C)C(c4cc5cc(N)ccc5s4)S3)cc2c1. The molecule has 0 amide bonds. The first-order valence-electron chi connectivity index (χ1n) is 13.5. The number of benzene rings is 3. The molecule has 0 spiro atoms. The van der Waals surface area contributed by atoms with Crippen LogP contribution in [0.3, 0.4) is 0 Å². The third-order valence-electron chi connectivity index (χ3n) is 8.68. The van der Waals surface area contributed by atoms with Crippen molar-refractivity contribution in [2.75, 3.05) is 5.73 Å². The summed E-state index contributed by atoms with van der Waals surface area (Å²) in [5.41, 5.74) is 17.4. The predicted molar refractivity (Wildman–Crippen MR) is 174 cm³/mol. The van der Waals surface area contributed by atoms with Crippen molar-refractivity contribution in [2.24, 2.45) is 5.92 Å². The third-order valence-corrected chi connectivity index (χ3v) is 14.2. The molecule has 0 bridgehead atoms. The molecule has 3 aliphatic rings. The summed E-state index contributed by atoms with van der Waals surface area (Å²) in [6.07, 6.45) is 2.16. The van der Waals surface area contributed by atoms with Crippen LogP contribution in [0, 0.1) is 12.8 Å². The van der Waals surface area contributed by atoms with E-state index < -0.39 is 0 Å². The van der Waals surface area contributed by atoms with E-state index >= 15 is 0 Å². The number of hydrogen-bond acceptors (Lipinski definition) is 5. The van der Waals surface area contributed by atoms with Crippen molar-refractivity contribution < 1.29 is 0 Å². The summed E-state index contributed by atoms with van der Waals surface area (Å²) >= 11 is 7.96. The number of thiophene rings is 3. The van der Waals surface area contributed by atoms with Crippen LogP contribution >= 0.6 is 45.8 Å². The quantitative estimate of drug-likeness (QED) is 0.208. The molecule has 2 aliphatic carbocycles. The first-order chi connectivity index (χ1) is 19.0. The summed E-state index contributed by atoms with van der Waals surface area (Å²) < 4.78 is 2.72. The Hall–Kier alpha value is -2.83. The summed E-state index contributed by atoms with van der Waals surface area (Å²) in [7, 11) is 0. The summed E-state index contributed by atoms with van der Waals surface area (Å²) in [4.78, 5) is 7.35. The van der Waals surface area contributed by atoms with Crippen molar-refractivity contribution in [2.45, 2.75) is 31.9 Å². The van der Waals surface area contributed by atoms with Gasteiger partial charge in [-0.1, -0.05) is 24.6 Å². The summed E-state index contributed by atoms with van der Waals surface area (Å²) in [5.74, 6) is 0.554. The molecular weight excluding hydrogens is 551 g/mol. The number of thioether (sulfide) groups is 1. The number of allylic oxidation sites excluding steroid dienone is 1. The van der Waals surface area contributed by atoms with E-state index in [2.05, 4.69) is 86.3 Å². The second-order valence-corrected chi connectivity index (χ2v) is 15.7. The maximum Gasteiger partial charge on any atom is 0.0502 e. The van der Waals surface area contributed by atoms with E-state index in [0.29, 0.717) is 11.2 Å². The summed E-state index contributed by atoms with van der Waals surface area (Å²) in [6.45, 7) is 4.62. The lowest BCUT2D eigenvalue weighted by Crippen LogP contribution is -2.04. The number of nitrogen functional groups attached to an aromatic ring is 1. The molecule has 39 heavy (non-hydrogen) atoms. The predicted octanol–water partition coefficient (Wildman–Crippen LogP) is 10.7. The Kier molecular flexibility index (Phi) is 4.77. The fourth-order valence-corrected chi connectivity index (χ4v) is 12.0. The van der Waals surface area contributed by atoms with E-state index in [4.69, 9.17) is 5.73 Å². The van der Waals surface area contributed by atoms with Gasteiger partial charge in [0.2, 0.25) is 0 Å². The van der Waals surface area contributed by atoms with Crippen LogP contribution in [0.5, 0.6) is 0 Å². The Bertz CT molecular complexity index is 2050. The minimum atomic E-state index is 0.504. The largest absolute Gasteiger partial charge is 0.399 e. The molecule has 0 saturated heterocycles. The molecule has 2 atom stereocenters. The van der Waals surface area contributed by atoms with Crippen LogP contribution in [-0.2, 0) is 12.8 Å². The van der Waals surface area contributed by atoms with Crippen LogP contribution in [0.4, 0.5) is 5.69 Å². The molecule has 3 aromatic carbocycles. The highest BCUT2D eigenvalue weighted by molar-refractivity contribution is 8.09. The van der Waals surface area contributed by atoms with Crippen LogP contribution in [0.15, 0.2) is 72.3 Å². The lowest BCUT2D eigenvalue weighted by Gasteiger charge is -2.18. The summed E-state index contributed by atoms with van der Waals surface area (Å²) in [6, 6.07) is 25.4. The van der Waals surface area contributed by atoms with Gasteiger partial charge in [-0.15, -0.1) is 45.8 Å². The highest BCUT2D eigenvalue weighted by Gasteiger charge is 2.40. The minimum Gasteiger partial charge on any atom is -0.399 e. The Morgan fingerprint density at radius 2 is 1.49 bits per heavy atom.